The van der Waals surface area contributed by atoms with Crippen LogP contribution < -0.4 is 10.2 Å². The van der Waals surface area contributed by atoms with Crippen molar-refractivity contribution in [2.75, 3.05) is 19.0 Å². The highest BCUT2D eigenvalue weighted by molar-refractivity contribution is 5.93. The maximum atomic E-state index is 12.6. The predicted molar refractivity (Wildman–Crippen MR) is 106 cm³/mol. The molecule has 142 valence electrons. The lowest BCUT2D eigenvalue weighted by atomic mass is 9.87. The topological polar surface area (TPSA) is 58.6 Å². The van der Waals surface area contributed by atoms with Gasteiger partial charge in [-0.15, -0.1) is 0 Å². The van der Waals surface area contributed by atoms with Crippen molar-refractivity contribution in [3.8, 4) is 0 Å². The van der Waals surface area contributed by atoms with E-state index in [2.05, 4.69) is 17.4 Å². The summed E-state index contributed by atoms with van der Waals surface area (Å²) >= 11 is 0. The van der Waals surface area contributed by atoms with Crippen LogP contribution in [0.2, 0.25) is 0 Å². The number of nitrogens with one attached hydrogen (secondary N) is 1. The predicted octanol–water partition coefficient (Wildman–Crippen LogP) is 3.49. The van der Waals surface area contributed by atoms with Crippen LogP contribution in [0.4, 0.5) is 5.69 Å². The second-order valence-electron chi connectivity index (χ2n) is 7.14. The van der Waals surface area contributed by atoms with Crippen molar-refractivity contribution in [2.24, 2.45) is 0 Å². The van der Waals surface area contributed by atoms with Gasteiger partial charge in [0, 0.05) is 19.8 Å². The lowest BCUT2D eigenvalue weighted by Crippen LogP contribution is -2.39. The van der Waals surface area contributed by atoms with Gasteiger partial charge in [-0.1, -0.05) is 30.3 Å². The van der Waals surface area contributed by atoms with Crippen molar-refractivity contribution in [1.29, 1.82) is 0 Å². The molecule has 0 bridgehead atoms. The summed E-state index contributed by atoms with van der Waals surface area (Å²) < 4.78 is 5.39. The van der Waals surface area contributed by atoms with Crippen LogP contribution in [0.15, 0.2) is 48.5 Å². The molecule has 0 radical (unpaired) electrons. The van der Waals surface area contributed by atoms with Crippen molar-refractivity contribution < 1.29 is 14.3 Å². The largest absolute Gasteiger partial charge is 0.449 e. The molecule has 5 nitrogen and oxygen atoms in total. The highest BCUT2D eigenvalue weighted by Gasteiger charge is 2.25. The Bertz CT molecular complexity index is 832. The first-order chi connectivity index (χ1) is 13.0. The second-order valence-corrected chi connectivity index (χ2v) is 7.14. The van der Waals surface area contributed by atoms with Gasteiger partial charge in [0.15, 0.2) is 6.10 Å². The fourth-order valence-electron chi connectivity index (χ4n) is 3.39. The summed E-state index contributed by atoms with van der Waals surface area (Å²) in [5.41, 5.74) is 3.78. The molecule has 0 aromatic heterocycles. The third-order valence-electron chi connectivity index (χ3n) is 4.94. The molecule has 0 saturated carbocycles. The number of hydrogen-bond acceptors (Lipinski definition) is 4. The van der Waals surface area contributed by atoms with Gasteiger partial charge in [-0.05, 0) is 55.5 Å². The molecule has 1 aliphatic carbocycles. The number of carbonyl (C=O) groups is 2. The molecule has 0 unspecified atom stereocenters. The van der Waals surface area contributed by atoms with Gasteiger partial charge < -0.3 is 15.0 Å². The highest BCUT2D eigenvalue weighted by atomic mass is 16.5. The molecule has 2 aromatic rings. The van der Waals surface area contributed by atoms with Crippen LogP contribution in [0.3, 0.4) is 0 Å². The molecule has 0 saturated heterocycles. The minimum Gasteiger partial charge on any atom is -0.449 e. The zero-order chi connectivity index (χ0) is 19.4. The summed E-state index contributed by atoms with van der Waals surface area (Å²) in [6, 6.07) is 15.3. The van der Waals surface area contributed by atoms with E-state index in [-0.39, 0.29) is 11.9 Å². The lowest BCUT2D eigenvalue weighted by Gasteiger charge is -2.27. The number of aryl methyl sites for hydroxylation is 1. The maximum absolute atomic E-state index is 12.6. The third-order valence-corrected chi connectivity index (χ3v) is 4.94. The Morgan fingerprint density at radius 2 is 1.93 bits per heavy atom. The van der Waals surface area contributed by atoms with Gasteiger partial charge in [-0.3, -0.25) is 4.79 Å². The maximum Gasteiger partial charge on any atom is 0.338 e. The number of fused-ring (bicyclic) bond motifs is 1. The summed E-state index contributed by atoms with van der Waals surface area (Å²) in [4.78, 5) is 26.9. The van der Waals surface area contributed by atoms with E-state index in [1.807, 2.05) is 37.2 Å². The van der Waals surface area contributed by atoms with Gasteiger partial charge in [0.1, 0.15) is 0 Å². The average molecular weight is 366 g/mol. The standard InChI is InChI=1S/C22H26N2O3/c1-15(27-22(26)17-10-6-11-18(14-17)24(2)3)21(25)23-20-13-7-9-16-8-4-5-12-19(16)20/h4-6,8,10-12,14-15,20H,7,9,13H2,1-3H3,(H,23,25)/t15-,20+/m0/s1. The molecule has 0 aliphatic heterocycles. The smallest absolute Gasteiger partial charge is 0.338 e. The van der Waals surface area contributed by atoms with Gasteiger partial charge >= 0.3 is 5.97 Å². The molecule has 2 aromatic carbocycles. The first-order valence-electron chi connectivity index (χ1n) is 9.32. The minimum atomic E-state index is -0.852. The Morgan fingerprint density at radius 3 is 2.70 bits per heavy atom. The zero-order valence-corrected chi connectivity index (χ0v) is 16.1. The fourth-order valence-corrected chi connectivity index (χ4v) is 3.39. The Kier molecular flexibility index (Phi) is 5.79. The van der Waals surface area contributed by atoms with Crippen molar-refractivity contribution >= 4 is 17.6 Å². The van der Waals surface area contributed by atoms with Crippen LogP contribution in [-0.2, 0) is 16.0 Å². The Morgan fingerprint density at radius 1 is 1.15 bits per heavy atom. The van der Waals surface area contributed by atoms with E-state index >= 15 is 0 Å². The third kappa shape index (κ3) is 4.48. The summed E-state index contributed by atoms with van der Waals surface area (Å²) in [6.07, 6.45) is 2.12. The van der Waals surface area contributed by atoms with Crippen molar-refractivity contribution in [3.05, 3.63) is 65.2 Å². The van der Waals surface area contributed by atoms with Crippen LogP contribution in [0.5, 0.6) is 0 Å². The molecule has 1 N–H and O–H groups in total. The number of hydrogen-bond donors (Lipinski definition) is 1. The number of nitrogens with zero attached hydrogens (tertiary/aromatic N) is 1. The lowest BCUT2D eigenvalue weighted by molar-refractivity contribution is -0.130. The molecule has 1 aliphatic rings. The summed E-state index contributed by atoms with van der Waals surface area (Å²) in [5.74, 6) is -0.765. The molecular formula is C22H26N2O3. The van der Waals surface area contributed by atoms with Gasteiger partial charge in [0.2, 0.25) is 0 Å². The van der Waals surface area contributed by atoms with E-state index in [1.54, 1.807) is 25.1 Å². The van der Waals surface area contributed by atoms with Gasteiger partial charge in [0.05, 0.1) is 11.6 Å². The molecule has 27 heavy (non-hydrogen) atoms. The van der Waals surface area contributed by atoms with E-state index in [0.717, 1.165) is 30.5 Å². The van der Waals surface area contributed by atoms with Crippen LogP contribution in [-0.4, -0.2) is 32.1 Å². The summed E-state index contributed by atoms with van der Waals surface area (Å²) in [5, 5.41) is 3.04. The molecule has 0 heterocycles. The minimum absolute atomic E-state index is 0.0272. The molecule has 0 fully saturated rings. The first-order valence-corrected chi connectivity index (χ1v) is 9.32. The SMILES string of the molecule is C[C@H](OC(=O)c1cccc(N(C)C)c1)C(=O)N[C@@H]1CCCc2ccccc21. The highest BCUT2D eigenvalue weighted by Crippen LogP contribution is 2.29. The van der Waals surface area contributed by atoms with Crippen LogP contribution in [0.25, 0.3) is 0 Å². The Labute approximate surface area is 160 Å². The molecule has 5 heteroatoms. The van der Waals surface area contributed by atoms with E-state index in [4.69, 9.17) is 4.74 Å². The number of esters is 1. The quantitative estimate of drug-likeness (QED) is 0.823. The first kappa shape index (κ1) is 19.0. The van der Waals surface area contributed by atoms with Crippen molar-refractivity contribution in [1.82, 2.24) is 5.32 Å². The van der Waals surface area contributed by atoms with E-state index in [1.165, 1.54) is 5.56 Å². The van der Waals surface area contributed by atoms with E-state index in [9.17, 15) is 9.59 Å². The van der Waals surface area contributed by atoms with Gasteiger partial charge in [-0.2, -0.15) is 0 Å². The van der Waals surface area contributed by atoms with Gasteiger partial charge in [-0.25, -0.2) is 4.79 Å². The number of ether oxygens (including phenoxy) is 1. The normalized spacial score (nSPS) is 16.8. The molecule has 0 spiro atoms. The second kappa shape index (κ2) is 8.25. The zero-order valence-electron chi connectivity index (χ0n) is 16.1. The monoisotopic (exact) mass is 366 g/mol. The number of benzene rings is 2. The summed E-state index contributed by atoms with van der Waals surface area (Å²) in [6.45, 7) is 1.61. The molecule has 3 rings (SSSR count). The Hall–Kier alpha value is -2.82. The van der Waals surface area contributed by atoms with E-state index < -0.39 is 12.1 Å². The summed E-state index contributed by atoms with van der Waals surface area (Å²) in [7, 11) is 3.81. The van der Waals surface area contributed by atoms with Gasteiger partial charge in [0.25, 0.3) is 5.91 Å². The van der Waals surface area contributed by atoms with Crippen LogP contribution in [0, 0.1) is 0 Å². The number of anilines is 1. The van der Waals surface area contributed by atoms with Crippen LogP contribution >= 0.6 is 0 Å². The molecule has 1 amide bonds. The average Bonchev–Trinajstić information content (AvgIpc) is 2.68. The number of rotatable bonds is 5. The number of carbonyl (C=O) groups excluding carboxylic acids is 2. The van der Waals surface area contributed by atoms with Crippen LogP contribution in [0.1, 0.15) is 47.3 Å². The number of amides is 1. The molecular weight excluding hydrogens is 340 g/mol. The van der Waals surface area contributed by atoms with Crippen molar-refractivity contribution in [3.63, 3.8) is 0 Å². The molecule has 2 atom stereocenters. The Balaban J connectivity index is 1.63. The fraction of sp³-hybridized carbons (Fsp3) is 0.364. The van der Waals surface area contributed by atoms with Crippen molar-refractivity contribution in [2.45, 2.75) is 38.3 Å². The van der Waals surface area contributed by atoms with E-state index in [0.29, 0.717) is 5.56 Å².